The Balaban J connectivity index is 0. The van der Waals surface area contributed by atoms with Gasteiger partial charge in [-0.2, -0.15) is 0 Å². The van der Waals surface area contributed by atoms with Crippen molar-refractivity contribution in [3.05, 3.63) is 24.3 Å². The van der Waals surface area contributed by atoms with E-state index in [-0.39, 0.29) is 6.15 Å². The van der Waals surface area contributed by atoms with Crippen LogP contribution in [0.4, 0.5) is 0 Å². The first-order valence-corrected chi connectivity index (χ1v) is 4.88. The van der Waals surface area contributed by atoms with E-state index in [1.165, 1.54) is 25.7 Å². The van der Waals surface area contributed by atoms with Gasteiger partial charge in [0, 0.05) is 0 Å². The number of rotatable bonds is 3. The van der Waals surface area contributed by atoms with Crippen LogP contribution < -0.4 is 11.5 Å². The summed E-state index contributed by atoms with van der Waals surface area (Å²) in [5.41, 5.74) is 0. The Hall–Kier alpha value is -0.600. The molecule has 1 aliphatic rings. The Morgan fingerprint density at radius 2 is 1.69 bits per heavy atom. The second kappa shape index (κ2) is 14.0. The number of hydrogen-bond acceptors (Lipinski definition) is 2. The predicted octanol–water partition coefficient (Wildman–Crippen LogP) is 3.06. The molecule has 1 aliphatic carbocycles. The molecule has 2 heteroatoms. The van der Waals surface area contributed by atoms with Crippen molar-refractivity contribution in [3.8, 4) is 0 Å². The Bertz CT molecular complexity index is 112. The van der Waals surface area contributed by atoms with E-state index in [2.05, 4.69) is 36.5 Å². The topological polar surface area (TPSA) is 47.0 Å². The highest BCUT2D eigenvalue weighted by Gasteiger charge is 1.77. The predicted molar refractivity (Wildman–Crippen MR) is 61.4 cm³/mol. The van der Waals surface area contributed by atoms with Crippen LogP contribution in [0, 0.1) is 0 Å². The van der Waals surface area contributed by atoms with Crippen LogP contribution in [-0.4, -0.2) is 13.6 Å². The quantitative estimate of drug-likeness (QED) is 0.662. The van der Waals surface area contributed by atoms with E-state index in [1.54, 1.807) is 0 Å². The van der Waals surface area contributed by atoms with Crippen LogP contribution in [0.15, 0.2) is 24.3 Å². The molecule has 0 bridgehead atoms. The van der Waals surface area contributed by atoms with Crippen molar-refractivity contribution in [1.82, 2.24) is 11.5 Å². The lowest BCUT2D eigenvalue weighted by Crippen LogP contribution is -2.06. The molecule has 1 rings (SSSR count). The Morgan fingerprint density at radius 3 is 1.85 bits per heavy atom. The second-order valence-corrected chi connectivity index (χ2v) is 2.89. The third kappa shape index (κ3) is 14.3. The van der Waals surface area contributed by atoms with Gasteiger partial charge in [-0.1, -0.05) is 37.6 Å². The van der Waals surface area contributed by atoms with Gasteiger partial charge in [0.1, 0.15) is 0 Å². The molecule has 0 heterocycles. The summed E-state index contributed by atoms with van der Waals surface area (Å²) in [5, 5.41) is 3.07. The van der Waals surface area contributed by atoms with Crippen LogP contribution in [-0.2, 0) is 0 Å². The molecule has 0 amide bonds. The van der Waals surface area contributed by atoms with Crippen LogP contribution in [0.2, 0.25) is 0 Å². The Morgan fingerprint density at radius 1 is 1.15 bits per heavy atom. The first kappa shape index (κ1) is 14.9. The Labute approximate surface area is 82.7 Å². The molecule has 0 aromatic rings. The van der Waals surface area contributed by atoms with Gasteiger partial charge in [-0.25, -0.2) is 0 Å². The van der Waals surface area contributed by atoms with Gasteiger partial charge in [0.15, 0.2) is 0 Å². The molecule has 0 aromatic carbocycles. The fourth-order valence-electron chi connectivity index (χ4n) is 0.896. The van der Waals surface area contributed by atoms with Crippen molar-refractivity contribution in [2.24, 2.45) is 0 Å². The van der Waals surface area contributed by atoms with Crippen LogP contribution in [0.25, 0.3) is 0 Å². The third-order valence-electron chi connectivity index (χ3n) is 1.66. The molecule has 0 aromatic heterocycles. The van der Waals surface area contributed by atoms with Crippen LogP contribution in [0.1, 0.15) is 32.6 Å². The first-order chi connectivity index (χ1) is 5.91. The molecule has 78 valence electrons. The van der Waals surface area contributed by atoms with Crippen molar-refractivity contribution in [2.75, 3.05) is 13.6 Å². The van der Waals surface area contributed by atoms with Gasteiger partial charge in [0.25, 0.3) is 0 Å². The van der Waals surface area contributed by atoms with Crippen LogP contribution >= 0.6 is 0 Å². The summed E-state index contributed by atoms with van der Waals surface area (Å²) in [4.78, 5) is 0. The maximum atomic E-state index is 3.07. The normalized spacial score (nSPS) is 12.8. The number of allylic oxidation sites excluding steroid dienone is 4. The maximum Gasteiger partial charge on any atom is -0.00520 e. The first-order valence-electron chi connectivity index (χ1n) is 4.88. The molecule has 0 aliphatic heterocycles. The van der Waals surface area contributed by atoms with E-state index in [0.717, 1.165) is 6.54 Å². The number of hydrogen-bond donors (Lipinski definition) is 2. The van der Waals surface area contributed by atoms with Crippen molar-refractivity contribution in [1.29, 1.82) is 0 Å². The summed E-state index contributed by atoms with van der Waals surface area (Å²) in [6, 6.07) is 0. The van der Waals surface area contributed by atoms with Gasteiger partial charge < -0.3 is 11.5 Å². The van der Waals surface area contributed by atoms with E-state index in [1.807, 2.05) is 7.05 Å². The SMILES string of the molecule is C1=CCCC=C1.CCCCNC.N. The molecule has 0 radical (unpaired) electrons. The minimum atomic E-state index is 0. The zero-order chi connectivity index (χ0) is 9.07. The largest absolute Gasteiger partial charge is 0.344 e. The highest BCUT2D eigenvalue weighted by Crippen LogP contribution is 1.98. The molecule has 0 unspecified atom stereocenters. The number of unbranched alkanes of at least 4 members (excludes halogenated alkanes) is 1. The van der Waals surface area contributed by atoms with Crippen molar-refractivity contribution >= 4 is 0 Å². The fourth-order valence-corrected chi connectivity index (χ4v) is 0.896. The monoisotopic (exact) mass is 184 g/mol. The number of nitrogens with one attached hydrogen (secondary N) is 1. The summed E-state index contributed by atoms with van der Waals surface area (Å²) >= 11 is 0. The maximum absolute atomic E-state index is 3.07. The van der Waals surface area contributed by atoms with E-state index in [0.29, 0.717) is 0 Å². The molecule has 0 fully saturated rings. The smallest absolute Gasteiger partial charge is 0.00520 e. The molecule has 0 saturated heterocycles. The standard InChI is InChI=1S/C6H8.C5H13N.H3N/c1-2-4-6-5-3-1;1-3-4-5-6-2;/h1-4H,5-6H2;6H,3-5H2,1-2H3;1H3. The van der Waals surface area contributed by atoms with Gasteiger partial charge in [0.2, 0.25) is 0 Å². The summed E-state index contributed by atoms with van der Waals surface area (Å²) in [6.45, 7) is 3.36. The lowest BCUT2D eigenvalue weighted by molar-refractivity contribution is 0.711. The summed E-state index contributed by atoms with van der Waals surface area (Å²) in [5.74, 6) is 0. The molecule has 0 spiro atoms. The molecule has 0 saturated carbocycles. The summed E-state index contributed by atoms with van der Waals surface area (Å²) in [7, 11) is 1.98. The van der Waals surface area contributed by atoms with E-state index in [4.69, 9.17) is 0 Å². The highest BCUT2D eigenvalue weighted by molar-refractivity contribution is 5.07. The van der Waals surface area contributed by atoms with Crippen LogP contribution in [0.3, 0.4) is 0 Å². The van der Waals surface area contributed by atoms with E-state index >= 15 is 0 Å². The van der Waals surface area contributed by atoms with Crippen LogP contribution in [0.5, 0.6) is 0 Å². The molecular formula is C11H24N2. The minimum absolute atomic E-state index is 0. The Kier molecular flexibility index (Phi) is 16.0. The van der Waals surface area contributed by atoms with E-state index in [9.17, 15) is 0 Å². The van der Waals surface area contributed by atoms with E-state index < -0.39 is 0 Å². The highest BCUT2D eigenvalue weighted by atomic mass is 14.8. The lowest BCUT2D eigenvalue weighted by Gasteiger charge is -1.89. The lowest BCUT2D eigenvalue weighted by atomic mass is 10.2. The zero-order valence-corrected chi connectivity index (χ0v) is 9.05. The van der Waals surface area contributed by atoms with Gasteiger partial charge in [0.05, 0.1) is 0 Å². The van der Waals surface area contributed by atoms with Gasteiger partial charge in [-0.3, -0.25) is 0 Å². The second-order valence-electron chi connectivity index (χ2n) is 2.89. The van der Waals surface area contributed by atoms with Crippen molar-refractivity contribution in [2.45, 2.75) is 32.6 Å². The fraction of sp³-hybridized carbons (Fsp3) is 0.636. The average molecular weight is 184 g/mol. The molecule has 2 nitrogen and oxygen atoms in total. The van der Waals surface area contributed by atoms with Gasteiger partial charge in [-0.05, 0) is 32.9 Å². The zero-order valence-electron chi connectivity index (χ0n) is 9.05. The molecule has 0 atom stereocenters. The molecular weight excluding hydrogens is 160 g/mol. The van der Waals surface area contributed by atoms with Crippen molar-refractivity contribution in [3.63, 3.8) is 0 Å². The van der Waals surface area contributed by atoms with Crippen molar-refractivity contribution < 1.29 is 0 Å². The minimum Gasteiger partial charge on any atom is -0.344 e. The summed E-state index contributed by atoms with van der Waals surface area (Å²) < 4.78 is 0. The molecule has 4 N–H and O–H groups in total. The average Bonchev–Trinajstić information content (AvgIpc) is 2.18. The third-order valence-corrected chi connectivity index (χ3v) is 1.66. The summed E-state index contributed by atoms with van der Waals surface area (Å²) in [6.07, 6.45) is 13.6. The van der Waals surface area contributed by atoms with Gasteiger partial charge in [-0.15, -0.1) is 0 Å². The van der Waals surface area contributed by atoms with Gasteiger partial charge >= 0.3 is 0 Å². The molecule has 13 heavy (non-hydrogen) atoms.